The van der Waals surface area contributed by atoms with Crippen molar-refractivity contribution in [3.8, 4) is 0 Å². The van der Waals surface area contributed by atoms with Gasteiger partial charge in [-0.25, -0.2) is 4.79 Å². The fourth-order valence-corrected chi connectivity index (χ4v) is 2.87. The molecule has 22 heavy (non-hydrogen) atoms. The first-order chi connectivity index (χ1) is 10.4. The van der Waals surface area contributed by atoms with Crippen molar-refractivity contribution < 1.29 is 14.4 Å². The zero-order chi connectivity index (χ0) is 16.3. The number of nitrogens with one attached hydrogen (secondary N) is 2. The number of carbonyl (C=O) groups is 3. The second kappa shape index (κ2) is 6.39. The maximum absolute atomic E-state index is 12.2. The van der Waals surface area contributed by atoms with Crippen LogP contribution >= 0.6 is 11.8 Å². The minimum Gasteiger partial charge on any atom is -0.322 e. The van der Waals surface area contributed by atoms with Gasteiger partial charge in [0.15, 0.2) is 0 Å². The standard InChI is InChI=1S/C15H19N3O3S/c1-4-15(3)13(20)18(14(21)16-15)17-12(19)10(2)22-11-8-6-5-7-9-11/h5-10H,4H2,1-3H3,(H,16,21)(H,17,19)/t10-,15+/m0/s1. The van der Waals surface area contributed by atoms with Gasteiger partial charge in [-0.1, -0.05) is 25.1 Å². The molecule has 0 aliphatic carbocycles. The van der Waals surface area contributed by atoms with Crippen molar-refractivity contribution in [2.75, 3.05) is 0 Å². The molecule has 1 aromatic carbocycles. The molecule has 2 rings (SSSR count). The zero-order valence-corrected chi connectivity index (χ0v) is 13.6. The summed E-state index contributed by atoms with van der Waals surface area (Å²) in [5.74, 6) is -0.831. The number of hydrazine groups is 1. The topological polar surface area (TPSA) is 78.5 Å². The minimum absolute atomic E-state index is 0.391. The van der Waals surface area contributed by atoms with Crippen molar-refractivity contribution in [1.82, 2.24) is 15.8 Å². The van der Waals surface area contributed by atoms with Crippen LogP contribution in [0.2, 0.25) is 0 Å². The van der Waals surface area contributed by atoms with Crippen LogP contribution in [0.25, 0.3) is 0 Å². The Morgan fingerprint density at radius 2 is 2.00 bits per heavy atom. The van der Waals surface area contributed by atoms with E-state index in [1.165, 1.54) is 11.8 Å². The van der Waals surface area contributed by atoms with Crippen molar-refractivity contribution in [2.24, 2.45) is 0 Å². The maximum atomic E-state index is 12.2. The lowest BCUT2D eigenvalue weighted by Gasteiger charge is -2.20. The molecule has 0 saturated carbocycles. The third kappa shape index (κ3) is 3.24. The van der Waals surface area contributed by atoms with Crippen molar-refractivity contribution in [2.45, 2.75) is 42.9 Å². The lowest BCUT2D eigenvalue weighted by molar-refractivity contribution is -0.138. The van der Waals surface area contributed by atoms with Crippen LogP contribution in [0, 0.1) is 0 Å². The first kappa shape index (κ1) is 16.4. The Labute approximate surface area is 133 Å². The van der Waals surface area contributed by atoms with Gasteiger partial charge in [-0.15, -0.1) is 11.8 Å². The molecule has 1 heterocycles. The number of rotatable bonds is 5. The summed E-state index contributed by atoms with van der Waals surface area (Å²) in [6.07, 6.45) is 0.457. The van der Waals surface area contributed by atoms with Gasteiger partial charge in [-0.2, -0.15) is 5.01 Å². The molecule has 1 fully saturated rings. The maximum Gasteiger partial charge on any atom is 0.344 e. The first-order valence-corrected chi connectivity index (χ1v) is 7.94. The van der Waals surface area contributed by atoms with E-state index in [2.05, 4.69) is 10.7 Å². The monoisotopic (exact) mass is 321 g/mol. The molecule has 6 nitrogen and oxygen atoms in total. The van der Waals surface area contributed by atoms with Gasteiger partial charge in [0.25, 0.3) is 11.8 Å². The first-order valence-electron chi connectivity index (χ1n) is 7.06. The summed E-state index contributed by atoms with van der Waals surface area (Å²) >= 11 is 1.36. The van der Waals surface area contributed by atoms with Gasteiger partial charge in [-0.3, -0.25) is 15.0 Å². The predicted octanol–water partition coefficient (Wildman–Crippen LogP) is 1.92. The Hall–Kier alpha value is -2.02. The number of hydrogen-bond donors (Lipinski definition) is 2. The smallest absolute Gasteiger partial charge is 0.322 e. The van der Waals surface area contributed by atoms with Crippen molar-refractivity contribution in [3.63, 3.8) is 0 Å². The highest BCUT2D eigenvalue weighted by molar-refractivity contribution is 8.00. The summed E-state index contributed by atoms with van der Waals surface area (Å²) in [5.41, 5.74) is 1.44. The van der Waals surface area contributed by atoms with Crippen LogP contribution in [0.1, 0.15) is 27.2 Å². The fourth-order valence-electron chi connectivity index (χ4n) is 1.98. The third-order valence-electron chi connectivity index (χ3n) is 3.62. The molecule has 118 valence electrons. The van der Waals surface area contributed by atoms with Crippen LogP contribution in [0.15, 0.2) is 35.2 Å². The number of thioether (sulfide) groups is 1. The number of benzene rings is 1. The highest BCUT2D eigenvalue weighted by Gasteiger charge is 2.47. The molecular formula is C15H19N3O3S. The van der Waals surface area contributed by atoms with E-state index in [9.17, 15) is 14.4 Å². The molecule has 0 radical (unpaired) electrons. The highest BCUT2D eigenvalue weighted by atomic mass is 32.2. The summed E-state index contributed by atoms with van der Waals surface area (Å²) in [7, 11) is 0. The quantitative estimate of drug-likeness (QED) is 0.641. The molecule has 0 bridgehead atoms. The van der Waals surface area contributed by atoms with Crippen molar-refractivity contribution in [1.29, 1.82) is 0 Å². The van der Waals surface area contributed by atoms with Crippen LogP contribution in [0.4, 0.5) is 4.79 Å². The van der Waals surface area contributed by atoms with E-state index in [-0.39, 0.29) is 0 Å². The van der Waals surface area contributed by atoms with E-state index in [4.69, 9.17) is 0 Å². The average molecular weight is 321 g/mol. The predicted molar refractivity (Wildman–Crippen MR) is 84.0 cm³/mol. The number of carbonyl (C=O) groups excluding carboxylic acids is 3. The Balaban J connectivity index is 2.00. The molecule has 7 heteroatoms. The number of nitrogens with zero attached hydrogens (tertiary/aromatic N) is 1. The Bertz CT molecular complexity index is 593. The summed E-state index contributed by atoms with van der Waals surface area (Å²) in [4.78, 5) is 37.2. The summed E-state index contributed by atoms with van der Waals surface area (Å²) in [5, 5.41) is 2.93. The second-order valence-corrected chi connectivity index (χ2v) is 6.72. The largest absolute Gasteiger partial charge is 0.344 e. The van der Waals surface area contributed by atoms with E-state index in [0.717, 1.165) is 9.90 Å². The molecule has 0 spiro atoms. The van der Waals surface area contributed by atoms with Crippen LogP contribution in [-0.4, -0.2) is 33.6 Å². The van der Waals surface area contributed by atoms with Gasteiger partial charge in [0.2, 0.25) is 0 Å². The molecule has 4 amide bonds. The van der Waals surface area contributed by atoms with E-state index in [1.807, 2.05) is 30.3 Å². The van der Waals surface area contributed by atoms with Gasteiger partial charge in [0.05, 0.1) is 5.25 Å². The highest BCUT2D eigenvalue weighted by Crippen LogP contribution is 2.24. The normalized spacial score (nSPS) is 22.4. The van der Waals surface area contributed by atoms with Crippen LogP contribution < -0.4 is 10.7 Å². The second-order valence-electron chi connectivity index (χ2n) is 5.31. The molecule has 0 aromatic heterocycles. The number of imide groups is 1. The van der Waals surface area contributed by atoms with E-state index in [1.54, 1.807) is 20.8 Å². The van der Waals surface area contributed by atoms with E-state index >= 15 is 0 Å². The Morgan fingerprint density at radius 3 is 2.55 bits per heavy atom. The molecule has 2 N–H and O–H groups in total. The van der Waals surface area contributed by atoms with Gasteiger partial charge in [0, 0.05) is 4.90 Å². The van der Waals surface area contributed by atoms with Gasteiger partial charge < -0.3 is 5.32 Å². The summed E-state index contributed by atoms with van der Waals surface area (Å²) < 4.78 is 0. The summed E-state index contributed by atoms with van der Waals surface area (Å²) in [6, 6.07) is 8.87. The Morgan fingerprint density at radius 1 is 1.36 bits per heavy atom. The van der Waals surface area contributed by atoms with E-state index in [0.29, 0.717) is 6.42 Å². The molecule has 0 unspecified atom stereocenters. The molecule has 2 atom stereocenters. The Kier molecular flexibility index (Phi) is 4.75. The lowest BCUT2D eigenvalue weighted by atomic mass is 10.00. The lowest BCUT2D eigenvalue weighted by Crippen LogP contribution is -2.50. The molecule has 1 aliphatic heterocycles. The van der Waals surface area contributed by atoms with Crippen molar-refractivity contribution in [3.05, 3.63) is 30.3 Å². The minimum atomic E-state index is -0.958. The van der Waals surface area contributed by atoms with Crippen LogP contribution in [0.3, 0.4) is 0 Å². The number of urea groups is 1. The van der Waals surface area contributed by atoms with Crippen molar-refractivity contribution >= 4 is 29.6 Å². The molecular weight excluding hydrogens is 302 g/mol. The zero-order valence-electron chi connectivity index (χ0n) is 12.8. The van der Waals surface area contributed by atoms with Crippen LogP contribution in [0.5, 0.6) is 0 Å². The third-order valence-corrected chi connectivity index (χ3v) is 4.73. The average Bonchev–Trinajstić information content (AvgIpc) is 2.72. The van der Waals surface area contributed by atoms with Gasteiger partial charge >= 0.3 is 6.03 Å². The fraction of sp³-hybridized carbons (Fsp3) is 0.400. The van der Waals surface area contributed by atoms with E-state index < -0.39 is 28.6 Å². The summed E-state index contributed by atoms with van der Waals surface area (Å²) in [6.45, 7) is 5.17. The number of hydrogen-bond acceptors (Lipinski definition) is 4. The van der Waals surface area contributed by atoms with Gasteiger partial charge in [-0.05, 0) is 32.4 Å². The SMILES string of the molecule is CC[C@@]1(C)NC(=O)N(NC(=O)[C@H](C)Sc2ccccc2)C1=O. The molecule has 1 aliphatic rings. The molecule has 1 saturated heterocycles. The van der Waals surface area contributed by atoms with Gasteiger partial charge in [0.1, 0.15) is 5.54 Å². The van der Waals surface area contributed by atoms with Crippen LogP contribution in [-0.2, 0) is 9.59 Å². The number of amides is 4. The molecule has 1 aromatic rings.